The fourth-order valence-electron chi connectivity index (χ4n) is 3.01. The van der Waals surface area contributed by atoms with Crippen molar-refractivity contribution in [2.75, 3.05) is 18.0 Å². The van der Waals surface area contributed by atoms with Crippen molar-refractivity contribution in [2.24, 2.45) is 5.92 Å². The number of carbonyl (C=O) groups is 2. The molecule has 4 nitrogen and oxygen atoms in total. The highest BCUT2D eigenvalue weighted by Gasteiger charge is 2.39. The van der Waals surface area contributed by atoms with Crippen LogP contribution in [0.25, 0.3) is 0 Å². The summed E-state index contributed by atoms with van der Waals surface area (Å²) in [4.78, 5) is 30.3. The minimum Gasteiger partial charge on any atom is -0.333 e. The first-order valence-corrected chi connectivity index (χ1v) is 9.76. The number of thiophene rings is 1. The summed E-state index contributed by atoms with van der Waals surface area (Å²) in [5.41, 5.74) is 0.822. The molecule has 0 N–H and O–H groups in total. The monoisotopic (exact) mass is 418 g/mol. The maximum Gasteiger partial charge on any atom is 0.239 e. The average Bonchev–Trinajstić information content (AvgIpc) is 3.23. The van der Waals surface area contributed by atoms with Crippen molar-refractivity contribution in [3.63, 3.8) is 0 Å². The second kappa shape index (κ2) is 7.97. The van der Waals surface area contributed by atoms with Crippen LogP contribution in [-0.2, 0) is 16.1 Å². The van der Waals surface area contributed by atoms with Gasteiger partial charge in [0.15, 0.2) is 0 Å². The van der Waals surface area contributed by atoms with Crippen LogP contribution >= 0.6 is 27.3 Å². The molecule has 1 aliphatic heterocycles. The Morgan fingerprint density at radius 2 is 2.24 bits per heavy atom. The van der Waals surface area contributed by atoms with Crippen molar-refractivity contribution in [1.82, 2.24) is 4.90 Å². The van der Waals surface area contributed by atoms with Crippen LogP contribution in [-0.4, -0.2) is 29.8 Å². The summed E-state index contributed by atoms with van der Waals surface area (Å²) in [6.45, 7) is 5.26. The Balaban J connectivity index is 1.75. The van der Waals surface area contributed by atoms with E-state index < -0.39 is 5.92 Å². The Morgan fingerprint density at radius 3 is 2.92 bits per heavy atom. The van der Waals surface area contributed by atoms with E-state index in [1.54, 1.807) is 27.2 Å². The van der Waals surface area contributed by atoms with Crippen LogP contribution in [0.4, 0.5) is 5.69 Å². The number of anilines is 1. The van der Waals surface area contributed by atoms with Crippen LogP contribution in [0.5, 0.6) is 0 Å². The van der Waals surface area contributed by atoms with E-state index in [1.165, 1.54) is 0 Å². The zero-order valence-electron chi connectivity index (χ0n) is 13.7. The summed E-state index contributed by atoms with van der Waals surface area (Å²) in [6.07, 6.45) is 2.25. The number of hydrogen-bond acceptors (Lipinski definition) is 3. The fraction of sp³-hybridized carbons (Fsp3) is 0.263. The molecule has 0 radical (unpaired) electrons. The molecular weight excluding hydrogens is 400 g/mol. The lowest BCUT2D eigenvalue weighted by Crippen LogP contribution is -2.39. The second-order valence-electron chi connectivity index (χ2n) is 5.90. The lowest BCUT2D eigenvalue weighted by atomic mass is 10.1. The first-order chi connectivity index (χ1) is 12.1. The van der Waals surface area contributed by atoms with Crippen molar-refractivity contribution < 1.29 is 9.59 Å². The van der Waals surface area contributed by atoms with E-state index in [2.05, 4.69) is 22.5 Å². The fourth-order valence-corrected chi connectivity index (χ4v) is 4.12. The van der Waals surface area contributed by atoms with E-state index in [0.717, 1.165) is 15.0 Å². The number of amides is 2. The van der Waals surface area contributed by atoms with Gasteiger partial charge in [0, 0.05) is 28.1 Å². The Labute approximate surface area is 159 Å². The van der Waals surface area contributed by atoms with E-state index in [0.29, 0.717) is 26.1 Å². The number of rotatable bonds is 6. The van der Waals surface area contributed by atoms with Gasteiger partial charge in [0.2, 0.25) is 11.8 Å². The molecule has 1 aromatic heterocycles. The molecule has 0 aliphatic carbocycles. The molecule has 3 rings (SSSR count). The second-order valence-corrected chi connectivity index (χ2v) is 7.85. The van der Waals surface area contributed by atoms with Crippen LogP contribution in [0, 0.1) is 5.92 Å². The standard InChI is InChI=1S/C19H19BrN2O2S/c1-2-9-21(13-16-7-4-11-25-16)18(23)17-8-10-22(19(17)24)15-6-3-5-14(20)12-15/h2-7,11-12,17H,1,8-10,13H2. The van der Waals surface area contributed by atoms with Crippen LogP contribution in [0.1, 0.15) is 11.3 Å². The highest BCUT2D eigenvalue weighted by atomic mass is 79.9. The van der Waals surface area contributed by atoms with Gasteiger partial charge in [0.05, 0.1) is 6.54 Å². The van der Waals surface area contributed by atoms with Gasteiger partial charge in [-0.2, -0.15) is 0 Å². The Kier molecular flexibility index (Phi) is 5.71. The predicted octanol–water partition coefficient (Wildman–Crippen LogP) is 4.08. The zero-order chi connectivity index (χ0) is 17.8. The molecule has 25 heavy (non-hydrogen) atoms. The quantitative estimate of drug-likeness (QED) is 0.523. The molecule has 0 saturated carbocycles. The number of nitrogens with zero attached hydrogens (tertiary/aromatic N) is 2. The van der Waals surface area contributed by atoms with E-state index in [-0.39, 0.29) is 11.8 Å². The summed E-state index contributed by atoms with van der Waals surface area (Å²) in [5, 5.41) is 1.99. The first kappa shape index (κ1) is 17.9. The van der Waals surface area contributed by atoms with E-state index in [9.17, 15) is 9.59 Å². The van der Waals surface area contributed by atoms with Crippen molar-refractivity contribution in [1.29, 1.82) is 0 Å². The first-order valence-electron chi connectivity index (χ1n) is 8.09. The lowest BCUT2D eigenvalue weighted by Gasteiger charge is -2.23. The van der Waals surface area contributed by atoms with Crippen LogP contribution in [0.2, 0.25) is 0 Å². The molecular formula is C19H19BrN2O2S. The minimum atomic E-state index is -0.612. The highest BCUT2D eigenvalue weighted by Crippen LogP contribution is 2.29. The maximum atomic E-state index is 12.9. The number of carbonyl (C=O) groups excluding carboxylic acids is 2. The van der Waals surface area contributed by atoms with Gasteiger partial charge in [0.1, 0.15) is 5.92 Å². The Bertz CT molecular complexity index is 775. The molecule has 0 spiro atoms. The van der Waals surface area contributed by atoms with Crippen molar-refractivity contribution in [3.05, 3.63) is 63.8 Å². The summed E-state index contributed by atoms with van der Waals surface area (Å²) >= 11 is 5.04. The van der Waals surface area contributed by atoms with E-state index in [4.69, 9.17) is 0 Å². The topological polar surface area (TPSA) is 40.6 Å². The van der Waals surface area contributed by atoms with Crippen molar-refractivity contribution in [3.8, 4) is 0 Å². The molecule has 2 aromatic rings. The summed E-state index contributed by atoms with van der Waals surface area (Å²) < 4.78 is 0.915. The van der Waals surface area contributed by atoms with E-state index in [1.807, 2.05) is 41.8 Å². The summed E-state index contributed by atoms with van der Waals surface area (Å²) in [6, 6.07) is 11.6. The molecule has 2 amide bonds. The number of benzene rings is 1. The van der Waals surface area contributed by atoms with Crippen LogP contribution in [0.15, 0.2) is 58.9 Å². The predicted molar refractivity (Wildman–Crippen MR) is 105 cm³/mol. The zero-order valence-corrected chi connectivity index (χ0v) is 16.1. The largest absolute Gasteiger partial charge is 0.333 e. The number of halogens is 1. The van der Waals surface area contributed by atoms with Gasteiger partial charge < -0.3 is 9.80 Å². The molecule has 1 atom stereocenters. The van der Waals surface area contributed by atoms with Gasteiger partial charge >= 0.3 is 0 Å². The van der Waals surface area contributed by atoms with Gasteiger partial charge in [-0.05, 0) is 36.1 Å². The van der Waals surface area contributed by atoms with Gasteiger partial charge in [0.25, 0.3) is 0 Å². The third-order valence-corrected chi connectivity index (χ3v) is 5.57. The van der Waals surface area contributed by atoms with Crippen LogP contribution < -0.4 is 4.90 Å². The lowest BCUT2D eigenvalue weighted by molar-refractivity contribution is -0.139. The molecule has 2 heterocycles. The smallest absolute Gasteiger partial charge is 0.239 e. The third kappa shape index (κ3) is 4.02. The van der Waals surface area contributed by atoms with Gasteiger partial charge in [-0.3, -0.25) is 9.59 Å². The van der Waals surface area contributed by atoms with Gasteiger partial charge in [-0.15, -0.1) is 17.9 Å². The maximum absolute atomic E-state index is 12.9. The molecule has 1 saturated heterocycles. The minimum absolute atomic E-state index is 0.115. The van der Waals surface area contributed by atoms with Crippen molar-refractivity contribution in [2.45, 2.75) is 13.0 Å². The van der Waals surface area contributed by atoms with Gasteiger partial charge in [-0.25, -0.2) is 0 Å². The third-order valence-electron chi connectivity index (χ3n) is 4.21. The summed E-state index contributed by atoms with van der Waals surface area (Å²) in [5.74, 6) is -0.849. The molecule has 1 aromatic carbocycles. The van der Waals surface area contributed by atoms with Gasteiger partial charge in [-0.1, -0.05) is 34.1 Å². The normalized spacial score (nSPS) is 16.9. The molecule has 1 unspecified atom stereocenters. The van der Waals surface area contributed by atoms with E-state index >= 15 is 0 Å². The molecule has 6 heteroatoms. The molecule has 130 valence electrons. The Morgan fingerprint density at radius 1 is 1.40 bits per heavy atom. The van der Waals surface area contributed by atoms with Crippen molar-refractivity contribution >= 4 is 44.8 Å². The molecule has 0 bridgehead atoms. The SMILES string of the molecule is C=CCN(Cc1cccs1)C(=O)C1CCN(c2cccc(Br)c2)C1=O. The number of hydrogen-bond donors (Lipinski definition) is 0. The molecule has 1 aliphatic rings. The molecule has 1 fully saturated rings. The summed E-state index contributed by atoms with van der Waals surface area (Å²) in [7, 11) is 0. The Hall–Kier alpha value is -1.92. The average molecular weight is 419 g/mol. The highest BCUT2D eigenvalue weighted by molar-refractivity contribution is 9.10. The van der Waals surface area contributed by atoms with Crippen LogP contribution in [0.3, 0.4) is 0 Å².